The Morgan fingerprint density at radius 3 is 2.27 bits per heavy atom. The maximum absolute atomic E-state index is 12.2. The lowest BCUT2D eigenvalue weighted by Crippen LogP contribution is -2.18. The number of nitrogens with one attached hydrogen (secondary N) is 1. The molecular weight excluding hydrogens is 343 g/mol. The van der Waals surface area contributed by atoms with Gasteiger partial charge in [0.05, 0.1) is 4.90 Å². The predicted octanol–water partition coefficient (Wildman–Crippen LogP) is 4.04. The molecule has 0 unspecified atom stereocenters. The second-order valence-corrected chi connectivity index (χ2v) is 6.25. The van der Waals surface area contributed by atoms with Crippen LogP contribution in [0, 0.1) is 0 Å². The molecule has 0 bridgehead atoms. The number of hydrogen-bond acceptors (Lipinski definition) is 3. The van der Waals surface area contributed by atoms with Crippen LogP contribution in [0.4, 0.5) is 18.9 Å². The van der Waals surface area contributed by atoms with E-state index < -0.39 is 22.1 Å². The molecule has 9 heteroatoms. The van der Waals surface area contributed by atoms with E-state index in [4.69, 9.17) is 11.6 Å². The number of sulfonamides is 1. The number of anilines is 1. The van der Waals surface area contributed by atoms with Crippen LogP contribution in [0.2, 0.25) is 5.02 Å². The van der Waals surface area contributed by atoms with Crippen molar-refractivity contribution in [3.8, 4) is 5.75 Å². The fraction of sp³-hybridized carbons (Fsp3) is 0.0769. The molecule has 0 spiro atoms. The van der Waals surface area contributed by atoms with E-state index in [0.29, 0.717) is 5.02 Å². The van der Waals surface area contributed by atoms with Crippen LogP contribution >= 0.6 is 11.6 Å². The molecule has 0 atom stereocenters. The zero-order valence-electron chi connectivity index (χ0n) is 10.8. The van der Waals surface area contributed by atoms with Gasteiger partial charge in [-0.25, -0.2) is 8.42 Å². The summed E-state index contributed by atoms with van der Waals surface area (Å²) in [4.78, 5) is -0.357. The van der Waals surface area contributed by atoms with Crippen molar-refractivity contribution in [3.05, 3.63) is 53.6 Å². The number of halogens is 4. The average Bonchev–Trinajstić information content (AvgIpc) is 2.40. The normalized spacial score (nSPS) is 12.0. The highest BCUT2D eigenvalue weighted by Crippen LogP contribution is 2.26. The number of rotatable bonds is 4. The minimum Gasteiger partial charge on any atom is -0.406 e. The summed E-state index contributed by atoms with van der Waals surface area (Å²) in [5.74, 6) is -0.619. The van der Waals surface area contributed by atoms with Gasteiger partial charge < -0.3 is 4.74 Å². The summed E-state index contributed by atoms with van der Waals surface area (Å²) in [5, 5.41) is 0.420. The standard InChI is InChI=1S/C13H9ClF3NO3S/c14-9-4-6-10(7-5-9)18-22(19,20)12-3-1-2-11(8-12)21-13(15,16)17/h1-8,18H. The molecule has 0 amide bonds. The molecule has 2 aromatic carbocycles. The maximum atomic E-state index is 12.2. The first kappa shape index (κ1) is 16.4. The summed E-state index contributed by atoms with van der Waals surface area (Å²) in [6.45, 7) is 0. The molecule has 118 valence electrons. The second kappa shape index (κ2) is 6.05. The molecule has 4 nitrogen and oxygen atoms in total. The van der Waals surface area contributed by atoms with E-state index in [-0.39, 0.29) is 10.6 Å². The Bertz CT molecular complexity index is 761. The number of benzene rings is 2. The van der Waals surface area contributed by atoms with Crippen molar-refractivity contribution in [3.63, 3.8) is 0 Å². The van der Waals surface area contributed by atoms with E-state index in [9.17, 15) is 21.6 Å². The van der Waals surface area contributed by atoms with E-state index in [1.807, 2.05) is 0 Å². The van der Waals surface area contributed by atoms with E-state index in [1.54, 1.807) is 0 Å². The van der Waals surface area contributed by atoms with Gasteiger partial charge in [0.1, 0.15) is 5.75 Å². The topological polar surface area (TPSA) is 55.4 Å². The van der Waals surface area contributed by atoms with Gasteiger partial charge in [-0.1, -0.05) is 17.7 Å². The largest absolute Gasteiger partial charge is 0.573 e. The number of hydrogen-bond donors (Lipinski definition) is 1. The highest BCUT2D eigenvalue weighted by atomic mass is 35.5. The van der Waals surface area contributed by atoms with Crippen molar-refractivity contribution in [2.45, 2.75) is 11.3 Å². The smallest absolute Gasteiger partial charge is 0.406 e. The molecule has 22 heavy (non-hydrogen) atoms. The van der Waals surface area contributed by atoms with Gasteiger partial charge in [-0.3, -0.25) is 4.72 Å². The summed E-state index contributed by atoms with van der Waals surface area (Å²) < 4.78 is 66.6. The van der Waals surface area contributed by atoms with Gasteiger partial charge in [-0.15, -0.1) is 13.2 Å². The fourth-order valence-corrected chi connectivity index (χ4v) is 2.79. The first-order valence-corrected chi connectivity index (χ1v) is 7.66. The van der Waals surface area contributed by atoms with Crippen molar-refractivity contribution < 1.29 is 26.3 Å². The van der Waals surface area contributed by atoms with Crippen LogP contribution in [0.25, 0.3) is 0 Å². The Balaban J connectivity index is 2.25. The van der Waals surface area contributed by atoms with Crippen LogP contribution in [0.5, 0.6) is 5.75 Å². The van der Waals surface area contributed by atoms with Crippen LogP contribution in [0.3, 0.4) is 0 Å². The molecular formula is C13H9ClF3NO3S. The van der Waals surface area contributed by atoms with Crippen LogP contribution in [-0.2, 0) is 10.0 Å². The molecule has 0 heterocycles. The third kappa shape index (κ3) is 4.54. The predicted molar refractivity (Wildman–Crippen MR) is 75.4 cm³/mol. The number of alkyl halides is 3. The molecule has 0 saturated carbocycles. The second-order valence-electron chi connectivity index (χ2n) is 4.14. The summed E-state index contributed by atoms with van der Waals surface area (Å²) in [6, 6.07) is 9.90. The Kier molecular flexibility index (Phi) is 4.52. The van der Waals surface area contributed by atoms with Crippen LogP contribution in [0.15, 0.2) is 53.4 Å². The first-order valence-electron chi connectivity index (χ1n) is 5.80. The van der Waals surface area contributed by atoms with Crippen LogP contribution < -0.4 is 9.46 Å². The minimum absolute atomic E-state index is 0.228. The van der Waals surface area contributed by atoms with Gasteiger partial charge >= 0.3 is 6.36 Å². The molecule has 0 aliphatic carbocycles. The minimum atomic E-state index is -4.90. The van der Waals surface area contributed by atoms with Crippen molar-refractivity contribution >= 4 is 27.3 Å². The van der Waals surface area contributed by atoms with Crippen molar-refractivity contribution in [2.75, 3.05) is 4.72 Å². The van der Waals surface area contributed by atoms with Crippen LogP contribution in [0.1, 0.15) is 0 Å². The van der Waals surface area contributed by atoms with Crippen molar-refractivity contribution in [2.24, 2.45) is 0 Å². The molecule has 1 N–H and O–H groups in total. The number of ether oxygens (including phenoxy) is 1. The summed E-state index contributed by atoms with van der Waals surface area (Å²) in [5.41, 5.74) is 0.228. The molecule has 0 fully saturated rings. The van der Waals surface area contributed by atoms with Gasteiger partial charge in [0.2, 0.25) is 0 Å². The molecule has 0 aliphatic heterocycles. The third-order valence-corrected chi connectivity index (χ3v) is 4.08. The zero-order chi connectivity index (χ0) is 16.4. The average molecular weight is 352 g/mol. The monoisotopic (exact) mass is 351 g/mol. The Hall–Kier alpha value is -1.93. The van der Waals surface area contributed by atoms with Crippen molar-refractivity contribution in [1.29, 1.82) is 0 Å². The maximum Gasteiger partial charge on any atom is 0.573 e. The lowest BCUT2D eigenvalue weighted by Gasteiger charge is -2.11. The quantitative estimate of drug-likeness (QED) is 0.904. The first-order chi connectivity index (χ1) is 10.2. The van der Waals surface area contributed by atoms with E-state index >= 15 is 0 Å². The van der Waals surface area contributed by atoms with E-state index in [1.165, 1.54) is 24.3 Å². The SMILES string of the molecule is O=S(=O)(Nc1ccc(Cl)cc1)c1cccc(OC(F)(F)F)c1. The molecule has 0 aromatic heterocycles. The summed E-state index contributed by atoms with van der Waals surface area (Å²) >= 11 is 5.68. The van der Waals surface area contributed by atoms with Gasteiger partial charge in [-0.2, -0.15) is 0 Å². The Morgan fingerprint density at radius 1 is 1.05 bits per heavy atom. The van der Waals surface area contributed by atoms with Gasteiger partial charge in [0.15, 0.2) is 0 Å². The van der Waals surface area contributed by atoms with Gasteiger partial charge in [-0.05, 0) is 36.4 Å². The van der Waals surface area contributed by atoms with Gasteiger partial charge in [0, 0.05) is 16.8 Å². The lowest BCUT2D eigenvalue weighted by molar-refractivity contribution is -0.274. The third-order valence-electron chi connectivity index (χ3n) is 2.45. The van der Waals surface area contributed by atoms with Crippen LogP contribution in [-0.4, -0.2) is 14.8 Å². The Morgan fingerprint density at radius 2 is 1.68 bits per heavy atom. The van der Waals surface area contributed by atoms with Gasteiger partial charge in [0.25, 0.3) is 10.0 Å². The summed E-state index contributed by atoms with van der Waals surface area (Å²) in [6.07, 6.45) is -4.90. The van der Waals surface area contributed by atoms with Crippen molar-refractivity contribution in [1.82, 2.24) is 0 Å². The lowest BCUT2D eigenvalue weighted by atomic mass is 10.3. The molecule has 0 saturated heterocycles. The highest BCUT2D eigenvalue weighted by Gasteiger charge is 2.31. The fourth-order valence-electron chi connectivity index (χ4n) is 1.57. The Labute approximate surface area is 129 Å². The molecule has 0 aliphatic rings. The highest BCUT2D eigenvalue weighted by molar-refractivity contribution is 7.92. The molecule has 0 radical (unpaired) electrons. The molecule has 2 rings (SSSR count). The molecule has 2 aromatic rings. The zero-order valence-corrected chi connectivity index (χ0v) is 12.3. The van der Waals surface area contributed by atoms with E-state index in [2.05, 4.69) is 9.46 Å². The summed E-state index contributed by atoms with van der Waals surface area (Å²) in [7, 11) is -4.04. The van der Waals surface area contributed by atoms with E-state index in [0.717, 1.165) is 24.3 Å².